The molecule has 120 valence electrons. The third-order valence-electron chi connectivity index (χ3n) is 3.96. The highest BCUT2D eigenvalue weighted by Gasteiger charge is 2.09. The summed E-state index contributed by atoms with van der Waals surface area (Å²) < 4.78 is 0. The number of hydrogen-bond acceptors (Lipinski definition) is 2. The molecule has 2 nitrogen and oxygen atoms in total. The maximum absolute atomic E-state index is 4.74. The zero-order chi connectivity index (χ0) is 16.8. The fourth-order valence-electron chi connectivity index (χ4n) is 2.58. The number of allylic oxidation sites excluding steroid dienone is 2. The highest BCUT2D eigenvalue weighted by molar-refractivity contribution is 5.80. The molecule has 2 aromatic carbocycles. The Balaban J connectivity index is 1.80. The maximum atomic E-state index is 4.74. The Morgan fingerprint density at radius 2 is 1.62 bits per heavy atom. The monoisotopic (exact) mass is 314 g/mol. The molecule has 1 aliphatic carbocycles. The van der Waals surface area contributed by atoms with Crippen molar-refractivity contribution in [2.24, 2.45) is 4.99 Å². The molecule has 0 aliphatic heterocycles. The fourth-order valence-corrected chi connectivity index (χ4v) is 2.58. The summed E-state index contributed by atoms with van der Waals surface area (Å²) in [6.07, 6.45) is 12.5. The summed E-state index contributed by atoms with van der Waals surface area (Å²) in [7, 11) is 4.10. The molecular formula is C22H22N2. The third-order valence-corrected chi connectivity index (χ3v) is 3.96. The molecule has 0 saturated carbocycles. The topological polar surface area (TPSA) is 15.6 Å². The molecule has 3 rings (SSSR count). The second-order valence-electron chi connectivity index (χ2n) is 6.01. The molecule has 24 heavy (non-hydrogen) atoms. The standard InChI is InChI=1S/C22H22N2/c1-24(2)21-14-12-18(13-15-21)16-20-10-6-7-11-22(20)23-17-19-8-4-3-5-9-19/h3-17,22H,1-2H3. The lowest BCUT2D eigenvalue weighted by Gasteiger charge is -2.14. The van der Waals surface area contributed by atoms with Gasteiger partial charge in [0.1, 0.15) is 0 Å². The van der Waals surface area contributed by atoms with Crippen LogP contribution in [0.5, 0.6) is 0 Å². The SMILES string of the molecule is CN(C)c1ccc(C=C2C=CC=CC2N=Cc2ccccc2)cc1. The van der Waals surface area contributed by atoms with Gasteiger partial charge in [-0.1, -0.05) is 66.8 Å². The van der Waals surface area contributed by atoms with Crippen molar-refractivity contribution in [1.29, 1.82) is 0 Å². The minimum Gasteiger partial charge on any atom is -0.378 e. The normalized spacial score (nSPS) is 18.4. The Morgan fingerprint density at radius 1 is 0.875 bits per heavy atom. The molecule has 0 N–H and O–H groups in total. The average Bonchev–Trinajstić information content (AvgIpc) is 2.62. The van der Waals surface area contributed by atoms with Crippen LogP contribution < -0.4 is 4.90 Å². The minimum atomic E-state index is 0.0590. The molecule has 0 bridgehead atoms. The predicted octanol–water partition coefficient (Wildman–Crippen LogP) is 4.75. The van der Waals surface area contributed by atoms with E-state index < -0.39 is 0 Å². The van der Waals surface area contributed by atoms with Gasteiger partial charge in [-0.05, 0) is 34.9 Å². The summed E-state index contributed by atoms with van der Waals surface area (Å²) in [6, 6.07) is 18.8. The van der Waals surface area contributed by atoms with E-state index in [0.717, 1.165) is 5.56 Å². The van der Waals surface area contributed by atoms with Gasteiger partial charge >= 0.3 is 0 Å². The van der Waals surface area contributed by atoms with Crippen molar-refractivity contribution < 1.29 is 0 Å². The molecule has 0 radical (unpaired) electrons. The van der Waals surface area contributed by atoms with E-state index in [2.05, 4.69) is 85.8 Å². The van der Waals surface area contributed by atoms with Crippen LogP contribution in [0.4, 0.5) is 5.69 Å². The van der Waals surface area contributed by atoms with Crippen molar-refractivity contribution in [3.8, 4) is 0 Å². The van der Waals surface area contributed by atoms with Crippen LogP contribution in [0.15, 0.2) is 89.5 Å². The van der Waals surface area contributed by atoms with E-state index in [0.29, 0.717) is 0 Å². The Morgan fingerprint density at radius 3 is 2.33 bits per heavy atom. The molecule has 1 atom stereocenters. The molecular weight excluding hydrogens is 292 g/mol. The van der Waals surface area contributed by atoms with Gasteiger partial charge in [0.2, 0.25) is 0 Å². The van der Waals surface area contributed by atoms with Crippen molar-refractivity contribution in [1.82, 2.24) is 0 Å². The molecule has 0 amide bonds. The summed E-state index contributed by atoms with van der Waals surface area (Å²) in [6.45, 7) is 0. The van der Waals surface area contributed by atoms with Crippen molar-refractivity contribution in [3.05, 3.63) is 95.6 Å². The van der Waals surface area contributed by atoms with Gasteiger partial charge in [0, 0.05) is 26.0 Å². The average molecular weight is 314 g/mol. The van der Waals surface area contributed by atoms with Gasteiger partial charge in [-0.2, -0.15) is 0 Å². The highest BCUT2D eigenvalue weighted by atomic mass is 15.1. The lowest BCUT2D eigenvalue weighted by molar-refractivity contribution is 0.985. The van der Waals surface area contributed by atoms with Gasteiger partial charge in [0.25, 0.3) is 0 Å². The minimum absolute atomic E-state index is 0.0590. The molecule has 1 aliphatic rings. The molecule has 2 aromatic rings. The number of nitrogens with zero attached hydrogens (tertiary/aromatic N) is 2. The van der Waals surface area contributed by atoms with Gasteiger partial charge < -0.3 is 4.90 Å². The van der Waals surface area contributed by atoms with E-state index in [4.69, 9.17) is 4.99 Å². The van der Waals surface area contributed by atoms with Crippen LogP contribution in [-0.2, 0) is 0 Å². The summed E-state index contributed by atoms with van der Waals surface area (Å²) >= 11 is 0. The second kappa shape index (κ2) is 7.60. The van der Waals surface area contributed by atoms with Gasteiger partial charge in [-0.3, -0.25) is 4.99 Å². The van der Waals surface area contributed by atoms with E-state index in [1.807, 2.05) is 24.4 Å². The van der Waals surface area contributed by atoms with Crippen LogP contribution in [0.2, 0.25) is 0 Å². The Kier molecular flexibility index (Phi) is 5.07. The first kappa shape index (κ1) is 16.0. The van der Waals surface area contributed by atoms with Crippen LogP contribution in [0.1, 0.15) is 11.1 Å². The predicted molar refractivity (Wildman–Crippen MR) is 105 cm³/mol. The number of rotatable bonds is 4. The van der Waals surface area contributed by atoms with Crippen LogP contribution >= 0.6 is 0 Å². The fraction of sp³-hybridized carbons (Fsp3) is 0.136. The zero-order valence-corrected chi connectivity index (χ0v) is 14.1. The molecule has 0 aromatic heterocycles. The smallest absolute Gasteiger partial charge is 0.0933 e. The van der Waals surface area contributed by atoms with E-state index >= 15 is 0 Å². The number of aliphatic imine (C=N–C) groups is 1. The van der Waals surface area contributed by atoms with Gasteiger partial charge in [0.05, 0.1) is 6.04 Å². The highest BCUT2D eigenvalue weighted by Crippen LogP contribution is 2.20. The summed E-state index contributed by atoms with van der Waals surface area (Å²) in [5.74, 6) is 0. The first-order chi connectivity index (χ1) is 11.7. The number of benzene rings is 2. The molecule has 0 fully saturated rings. The maximum Gasteiger partial charge on any atom is 0.0933 e. The van der Waals surface area contributed by atoms with Crippen molar-refractivity contribution >= 4 is 18.0 Å². The first-order valence-corrected chi connectivity index (χ1v) is 8.14. The Bertz CT molecular complexity index is 778. The second-order valence-corrected chi connectivity index (χ2v) is 6.01. The van der Waals surface area contributed by atoms with E-state index in [-0.39, 0.29) is 6.04 Å². The molecule has 0 heterocycles. The molecule has 2 heteroatoms. The number of hydrogen-bond donors (Lipinski definition) is 0. The molecule has 0 spiro atoms. The van der Waals surface area contributed by atoms with Crippen LogP contribution in [0, 0.1) is 0 Å². The van der Waals surface area contributed by atoms with Crippen LogP contribution in [0.3, 0.4) is 0 Å². The lowest BCUT2D eigenvalue weighted by atomic mass is 9.99. The lowest BCUT2D eigenvalue weighted by Crippen LogP contribution is -2.08. The van der Waals surface area contributed by atoms with Crippen LogP contribution in [0.25, 0.3) is 6.08 Å². The number of anilines is 1. The van der Waals surface area contributed by atoms with Crippen molar-refractivity contribution in [2.75, 3.05) is 19.0 Å². The Labute approximate surface area is 144 Å². The summed E-state index contributed by atoms with van der Waals surface area (Å²) in [5, 5.41) is 0. The largest absolute Gasteiger partial charge is 0.378 e. The van der Waals surface area contributed by atoms with Crippen molar-refractivity contribution in [2.45, 2.75) is 6.04 Å². The van der Waals surface area contributed by atoms with Gasteiger partial charge in [-0.15, -0.1) is 0 Å². The Hall–Kier alpha value is -2.87. The van der Waals surface area contributed by atoms with Crippen molar-refractivity contribution in [3.63, 3.8) is 0 Å². The summed E-state index contributed by atoms with van der Waals surface area (Å²) in [4.78, 5) is 6.84. The quantitative estimate of drug-likeness (QED) is 0.744. The summed E-state index contributed by atoms with van der Waals surface area (Å²) in [5.41, 5.74) is 4.71. The van der Waals surface area contributed by atoms with Gasteiger partial charge in [-0.25, -0.2) is 0 Å². The van der Waals surface area contributed by atoms with Gasteiger partial charge in [0.15, 0.2) is 0 Å². The van der Waals surface area contributed by atoms with E-state index in [9.17, 15) is 0 Å². The first-order valence-electron chi connectivity index (χ1n) is 8.14. The van der Waals surface area contributed by atoms with E-state index in [1.165, 1.54) is 16.8 Å². The van der Waals surface area contributed by atoms with Crippen LogP contribution in [-0.4, -0.2) is 26.4 Å². The zero-order valence-electron chi connectivity index (χ0n) is 14.1. The molecule has 0 saturated heterocycles. The third kappa shape index (κ3) is 4.11. The van der Waals surface area contributed by atoms with E-state index in [1.54, 1.807) is 0 Å². The molecule has 1 unspecified atom stereocenters.